The van der Waals surface area contributed by atoms with Gasteiger partial charge < -0.3 is 5.32 Å². The van der Waals surface area contributed by atoms with Crippen molar-refractivity contribution in [3.05, 3.63) is 118 Å². The summed E-state index contributed by atoms with van der Waals surface area (Å²) in [5.41, 5.74) is 6.44. The van der Waals surface area contributed by atoms with E-state index in [1.165, 1.54) is 0 Å². The molecule has 2 aromatic carbocycles. The maximum atomic E-state index is 13.8. The highest BCUT2D eigenvalue weighted by molar-refractivity contribution is 8.00. The first kappa shape index (κ1) is 26.0. The number of thiophene rings is 1. The lowest BCUT2D eigenvalue weighted by atomic mass is 10.0. The monoisotopic (exact) mass is 565 g/mol. The molecule has 0 spiro atoms. The number of amides is 2. The Morgan fingerprint density at radius 2 is 1.82 bits per heavy atom. The summed E-state index contributed by atoms with van der Waals surface area (Å²) >= 11 is 3.21. The third-order valence-corrected chi connectivity index (χ3v) is 8.78. The highest BCUT2D eigenvalue weighted by Gasteiger charge is 2.38. The average Bonchev–Trinajstić information content (AvgIpc) is 3.63. The molecule has 4 heterocycles. The lowest BCUT2D eigenvalue weighted by Gasteiger charge is -2.23. The number of benzene rings is 2. The van der Waals surface area contributed by atoms with Gasteiger partial charge in [-0.1, -0.05) is 54.6 Å². The largest absolute Gasteiger partial charge is 0.349 e. The minimum atomic E-state index is -0.261. The number of aromatic nitrogens is 3. The van der Waals surface area contributed by atoms with Gasteiger partial charge in [-0.15, -0.1) is 11.8 Å². The van der Waals surface area contributed by atoms with Crippen molar-refractivity contribution in [3.63, 3.8) is 0 Å². The first-order chi connectivity index (χ1) is 19.6. The van der Waals surface area contributed by atoms with Gasteiger partial charge in [0.25, 0.3) is 0 Å². The number of aryl methyl sites for hydroxylation is 1. The van der Waals surface area contributed by atoms with Crippen LogP contribution in [-0.2, 0) is 16.1 Å². The Morgan fingerprint density at radius 3 is 2.58 bits per heavy atom. The van der Waals surface area contributed by atoms with Crippen molar-refractivity contribution < 1.29 is 9.59 Å². The van der Waals surface area contributed by atoms with Gasteiger partial charge in [-0.25, -0.2) is 4.68 Å². The Balaban J connectivity index is 1.51. The van der Waals surface area contributed by atoms with Crippen LogP contribution >= 0.6 is 23.1 Å². The third kappa shape index (κ3) is 5.17. The first-order valence-corrected chi connectivity index (χ1v) is 14.9. The first-order valence-electron chi connectivity index (χ1n) is 12.9. The number of pyridine rings is 1. The highest BCUT2D eigenvalue weighted by atomic mass is 32.2. The lowest BCUT2D eigenvalue weighted by molar-refractivity contribution is -0.123. The molecule has 1 N–H and O–H groups in total. The van der Waals surface area contributed by atoms with Crippen LogP contribution in [0.25, 0.3) is 16.9 Å². The smallest absolute Gasteiger partial charge is 0.240 e. The predicted molar refractivity (Wildman–Crippen MR) is 161 cm³/mol. The molecule has 6 rings (SSSR count). The van der Waals surface area contributed by atoms with E-state index in [0.717, 1.165) is 39.3 Å². The number of para-hydroxylation sites is 1. The second-order valence-corrected chi connectivity index (χ2v) is 11.3. The maximum Gasteiger partial charge on any atom is 0.240 e. The molecule has 1 aliphatic heterocycles. The number of thioether (sulfide) groups is 1. The molecule has 200 valence electrons. The fraction of sp³-hybridized carbons (Fsp3) is 0.161. The minimum absolute atomic E-state index is 0.124. The average molecular weight is 566 g/mol. The molecule has 0 bridgehead atoms. The van der Waals surface area contributed by atoms with Crippen LogP contribution in [0, 0.1) is 6.92 Å². The van der Waals surface area contributed by atoms with Crippen molar-refractivity contribution in [1.29, 1.82) is 0 Å². The van der Waals surface area contributed by atoms with Crippen LogP contribution in [0.15, 0.2) is 95.8 Å². The van der Waals surface area contributed by atoms with Crippen molar-refractivity contribution in [2.75, 3.05) is 17.2 Å². The van der Waals surface area contributed by atoms with Gasteiger partial charge in [0.05, 0.1) is 34.6 Å². The molecule has 2 amide bonds. The molecule has 0 radical (unpaired) electrons. The number of anilines is 1. The van der Waals surface area contributed by atoms with Crippen molar-refractivity contribution >= 4 is 40.7 Å². The normalized spacial score (nSPS) is 15.0. The van der Waals surface area contributed by atoms with E-state index in [1.807, 2.05) is 84.4 Å². The highest BCUT2D eigenvalue weighted by Crippen LogP contribution is 2.49. The number of fused-ring (bicyclic) bond motifs is 1. The number of hydrogen-bond acceptors (Lipinski definition) is 6. The van der Waals surface area contributed by atoms with Gasteiger partial charge >= 0.3 is 0 Å². The zero-order chi connectivity index (χ0) is 27.5. The summed E-state index contributed by atoms with van der Waals surface area (Å²) in [4.78, 5) is 33.0. The third-order valence-electron chi connectivity index (χ3n) is 6.82. The predicted octanol–water partition coefficient (Wildman–Crippen LogP) is 5.79. The van der Waals surface area contributed by atoms with Gasteiger partial charge in [-0.3, -0.25) is 19.5 Å². The fourth-order valence-corrected chi connectivity index (χ4v) is 6.84. The van der Waals surface area contributed by atoms with E-state index in [2.05, 4.69) is 27.1 Å². The summed E-state index contributed by atoms with van der Waals surface area (Å²) < 4.78 is 1.85. The van der Waals surface area contributed by atoms with E-state index in [1.54, 1.807) is 34.2 Å². The topological polar surface area (TPSA) is 80.1 Å². The molecular formula is C31H27N5O2S2. The van der Waals surface area contributed by atoms with Crippen LogP contribution in [-0.4, -0.2) is 38.9 Å². The molecule has 0 saturated heterocycles. The molecule has 3 aromatic heterocycles. The van der Waals surface area contributed by atoms with E-state index < -0.39 is 0 Å². The summed E-state index contributed by atoms with van der Waals surface area (Å²) in [6.45, 7) is 2.19. The molecule has 0 fully saturated rings. The van der Waals surface area contributed by atoms with Crippen LogP contribution in [0.2, 0.25) is 0 Å². The second-order valence-electron chi connectivity index (χ2n) is 9.48. The Morgan fingerprint density at radius 1 is 1.02 bits per heavy atom. The van der Waals surface area contributed by atoms with Crippen LogP contribution in [0.5, 0.6) is 0 Å². The van der Waals surface area contributed by atoms with Crippen molar-refractivity contribution in [2.45, 2.75) is 18.7 Å². The standard InChI is InChI=1S/C31H27N5O2S2/c1-21-9-5-6-13-25(21)36-31-28(29(34-36)22-10-3-2-4-11-22)30(23-14-16-39-19-23)40-20-27(38)35(31)18-26(37)33-17-24-12-7-8-15-32-24/h2-16,19,30H,17-18,20H2,1H3,(H,33,37). The lowest BCUT2D eigenvalue weighted by Crippen LogP contribution is -2.42. The fourth-order valence-electron chi connectivity index (χ4n) is 4.88. The molecular weight excluding hydrogens is 539 g/mol. The summed E-state index contributed by atoms with van der Waals surface area (Å²) in [6.07, 6.45) is 1.69. The quantitative estimate of drug-likeness (QED) is 0.270. The second kappa shape index (κ2) is 11.5. The summed E-state index contributed by atoms with van der Waals surface area (Å²) in [7, 11) is 0. The summed E-state index contributed by atoms with van der Waals surface area (Å²) in [5, 5.41) is 12.1. The molecule has 1 aliphatic rings. The summed E-state index contributed by atoms with van der Waals surface area (Å²) in [6, 6.07) is 25.7. The number of rotatable bonds is 7. The molecule has 1 atom stereocenters. The van der Waals surface area contributed by atoms with Gasteiger partial charge in [-0.05, 0) is 53.1 Å². The molecule has 7 nitrogen and oxygen atoms in total. The van der Waals surface area contributed by atoms with Crippen molar-refractivity contribution in [2.24, 2.45) is 0 Å². The number of nitrogens with one attached hydrogen (secondary N) is 1. The zero-order valence-electron chi connectivity index (χ0n) is 21.9. The Labute approximate surface area is 240 Å². The SMILES string of the molecule is Cc1ccccc1-n1nc(-c2ccccc2)c2c1N(CC(=O)NCc1ccccn1)C(=O)CSC2c1ccsc1. The molecule has 9 heteroatoms. The Hall–Kier alpha value is -4.21. The van der Waals surface area contributed by atoms with E-state index >= 15 is 0 Å². The summed E-state index contributed by atoms with van der Waals surface area (Å²) in [5.74, 6) is 0.478. The van der Waals surface area contributed by atoms with Gasteiger partial charge in [0, 0.05) is 17.3 Å². The van der Waals surface area contributed by atoms with E-state index in [0.29, 0.717) is 5.82 Å². The van der Waals surface area contributed by atoms with Crippen molar-refractivity contribution in [1.82, 2.24) is 20.1 Å². The molecule has 0 saturated carbocycles. The number of nitrogens with zero attached hydrogens (tertiary/aromatic N) is 4. The van der Waals surface area contributed by atoms with Crippen LogP contribution in [0.1, 0.15) is 27.6 Å². The van der Waals surface area contributed by atoms with E-state index in [4.69, 9.17) is 5.10 Å². The van der Waals surface area contributed by atoms with Gasteiger partial charge in [0.15, 0.2) is 0 Å². The van der Waals surface area contributed by atoms with Gasteiger partial charge in [0.2, 0.25) is 11.8 Å². The van der Waals surface area contributed by atoms with E-state index in [-0.39, 0.29) is 35.9 Å². The Bertz CT molecular complexity index is 1640. The van der Waals surface area contributed by atoms with E-state index in [9.17, 15) is 9.59 Å². The van der Waals surface area contributed by atoms with Gasteiger partial charge in [0.1, 0.15) is 12.4 Å². The Kier molecular flexibility index (Phi) is 7.48. The van der Waals surface area contributed by atoms with Crippen molar-refractivity contribution in [3.8, 4) is 16.9 Å². The molecule has 5 aromatic rings. The van der Waals surface area contributed by atoms with Crippen LogP contribution < -0.4 is 10.2 Å². The minimum Gasteiger partial charge on any atom is -0.349 e. The molecule has 0 aliphatic carbocycles. The molecule has 1 unspecified atom stereocenters. The van der Waals surface area contributed by atoms with Crippen LogP contribution in [0.4, 0.5) is 5.82 Å². The molecule has 40 heavy (non-hydrogen) atoms. The zero-order valence-corrected chi connectivity index (χ0v) is 23.5. The number of hydrogen-bond donors (Lipinski definition) is 1. The maximum absolute atomic E-state index is 13.8. The number of carbonyl (C=O) groups is 2. The van der Waals surface area contributed by atoms with Gasteiger partial charge in [-0.2, -0.15) is 16.4 Å². The van der Waals surface area contributed by atoms with Crippen LogP contribution in [0.3, 0.4) is 0 Å². The number of carbonyl (C=O) groups excluding carboxylic acids is 2.